The van der Waals surface area contributed by atoms with E-state index in [-0.39, 0.29) is 18.3 Å². The maximum absolute atomic E-state index is 12.7. The highest BCUT2D eigenvalue weighted by Crippen LogP contribution is 2.29. The highest BCUT2D eigenvalue weighted by atomic mass is 32.1. The molecule has 0 spiro atoms. The molecule has 8 heteroatoms. The Morgan fingerprint density at radius 2 is 1.56 bits per heavy atom. The quantitative estimate of drug-likeness (QED) is 0.155. The third-order valence-electron chi connectivity index (χ3n) is 5.37. The first kappa shape index (κ1) is 19.8. The minimum Gasteiger partial charge on any atom is -0.305 e. The molecular formula is C24H16N4O3S. The number of pyridine rings is 1. The molecule has 1 aromatic heterocycles. The van der Waals surface area contributed by atoms with Gasteiger partial charge in [-0.1, -0.05) is 60.7 Å². The van der Waals surface area contributed by atoms with E-state index in [4.69, 9.17) is 17.2 Å². The van der Waals surface area contributed by atoms with Gasteiger partial charge in [-0.3, -0.25) is 15.0 Å². The number of nitrogens with zero attached hydrogens (tertiary/aromatic N) is 3. The Balaban J connectivity index is 1.52. The molecule has 7 nitrogen and oxygen atoms in total. The Labute approximate surface area is 188 Å². The van der Waals surface area contributed by atoms with E-state index >= 15 is 0 Å². The second-order valence-electron chi connectivity index (χ2n) is 7.36. The Bertz CT molecular complexity index is 1390. The van der Waals surface area contributed by atoms with Crippen molar-refractivity contribution < 1.29 is 9.72 Å². The van der Waals surface area contributed by atoms with Gasteiger partial charge in [-0.05, 0) is 29.3 Å². The Morgan fingerprint density at radius 3 is 2.16 bits per heavy atom. The first-order valence-electron chi connectivity index (χ1n) is 9.86. The van der Waals surface area contributed by atoms with Crippen LogP contribution in [0.4, 0.5) is 10.5 Å². The number of hydrogen-bond acceptors (Lipinski definition) is 5. The average molecular weight is 440 g/mol. The number of amides is 2. The number of hydrogen-bond donors (Lipinski definition) is 1. The molecule has 5 rings (SSSR count). The molecule has 1 N–H and O–H groups in total. The maximum Gasteiger partial charge on any atom is 0.327 e. The lowest BCUT2D eigenvalue weighted by molar-refractivity contribution is -0.384. The van der Waals surface area contributed by atoms with Gasteiger partial charge in [-0.2, -0.15) is 0 Å². The SMILES string of the molecule is O=C1N/C(=C/c2c3ccccc3nc3ccccc23)C(=S)N1Cc1ccc([N+](=O)[O-])cc1. The van der Waals surface area contributed by atoms with E-state index in [1.807, 2.05) is 54.6 Å². The van der Waals surface area contributed by atoms with E-state index in [1.165, 1.54) is 17.0 Å². The van der Waals surface area contributed by atoms with Gasteiger partial charge in [0.15, 0.2) is 0 Å². The molecule has 0 atom stereocenters. The van der Waals surface area contributed by atoms with E-state index in [1.54, 1.807) is 12.1 Å². The van der Waals surface area contributed by atoms with Gasteiger partial charge in [0.2, 0.25) is 0 Å². The number of carbonyl (C=O) groups excluding carboxylic acids is 1. The fourth-order valence-electron chi connectivity index (χ4n) is 3.79. The van der Waals surface area contributed by atoms with Crippen LogP contribution in [0.2, 0.25) is 0 Å². The van der Waals surface area contributed by atoms with Gasteiger partial charge < -0.3 is 5.32 Å². The van der Waals surface area contributed by atoms with E-state index < -0.39 is 4.92 Å². The third-order valence-corrected chi connectivity index (χ3v) is 5.81. The van der Waals surface area contributed by atoms with E-state index in [9.17, 15) is 14.9 Å². The zero-order valence-electron chi connectivity index (χ0n) is 16.7. The van der Waals surface area contributed by atoms with E-state index in [2.05, 4.69) is 5.32 Å². The summed E-state index contributed by atoms with van der Waals surface area (Å²) < 4.78 is 0. The summed E-state index contributed by atoms with van der Waals surface area (Å²) in [5.74, 6) is 0. The Hall–Kier alpha value is -4.17. The van der Waals surface area contributed by atoms with Crippen molar-refractivity contribution >= 4 is 56.8 Å². The second-order valence-corrected chi connectivity index (χ2v) is 7.75. The molecule has 1 saturated heterocycles. The number of non-ortho nitro benzene ring substituents is 1. The predicted octanol–water partition coefficient (Wildman–Crippen LogP) is 5.19. The molecule has 1 fully saturated rings. The molecule has 0 radical (unpaired) electrons. The van der Waals surface area contributed by atoms with Gasteiger partial charge in [0.25, 0.3) is 5.69 Å². The minimum atomic E-state index is -0.457. The van der Waals surface area contributed by atoms with Crippen molar-refractivity contribution in [1.29, 1.82) is 0 Å². The molecule has 0 aliphatic carbocycles. The lowest BCUT2D eigenvalue weighted by Gasteiger charge is -2.14. The van der Waals surface area contributed by atoms with Gasteiger partial charge >= 0.3 is 6.03 Å². The highest BCUT2D eigenvalue weighted by Gasteiger charge is 2.30. The van der Waals surface area contributed by atoms with Gasteiger partial charge in [0.1, 0.15) is 4.99 Å². The summed E-state index contributed by atoms with van der Waals surface area (Å²) in [6.45, 7) is 0.220. The minimum absolute atomic E-state index is 0.000715. The monoisotopic (exact) mass is 440 g/mol. The molecule has 1 aliphatic heterocycles. The number of thiocarbonyl (C=S) groups is 1. The molecule has 0 saturated carbocycles. The van der Waals surface area contributed by atoms with Crippen molar-refractivity contribution in [2.24, 2.45) is 0 Å². The van der Waals surface area contributed by atoms with Crippen molar-refractivity contribution in [3.8, 4) is 0 Å². The van der Waals surface area contributed by atoms with Gasteiger partial charge in [-0.15, -0.1) is 0 Å². The fourth-order valence-corrected chi connectivity index (χ4v) is 4.05. The normalized spacial score (nSPS) is 15.0. The van der Waals surface area contributed by atoms with E-state index in [0.717, 1.165) is 32.9 Å². The van der Waals surface area contributed by atoms with Crippen LogP contribution < -0.4 is 5.32 Å². The molecule has 2 amide bonds. The molecule has 156 valence electrons. The van der Waals surface area contributed by atoms with Gasteiger partial charge in [0.05, 0.1) is 28.2 Å². The number of nitrogens with one attached hydrogen (secondary N) is 1. The predicted molar refractivity (Wildman–Crippen MR) is 127 cm³/mol. The molecule has 1 aliphatic rings. The summed E-state index contributed by atoms with van der Waals surface area (Å²) in [5.41, 5.74) is 3.93. The van der Waals surface area contributed by atoms with Crippen molar-refractivity contribution in [2.75, 3.05) is 0 Å². The smallest absolute Gasteiger partial charge is 0.305 e. The summed E-state index contributed by atoms with van der Waals surface area (Å²) in [4.78, 5) is 29.6. The number of benzene rings is 3. The van der Waals surface area contributed by atoms with Gasteiger partial charge in [0, 0.05) is 22.9 Å². The summed E-state index contributed by atoms with van der Waals surface area (Å²) in [6.07, 6.45) is 1.89. The van der Waals surface area contributed by atoms with Crippen LogP contribution in [0.25, 0.3) is 27.9 Å². The lowest BCUT2D eigenvalue weighted by atomic mass is 10.0. The number of rotatable bonds is 4. The number of carbonyl (C=O) groups is 1. The first-order valence-corrected chi connectivity index (χ1v) is 10.3. The van der Waals surface area contributed by atoms with Crippen LogP contribution in [0.15, 0.2) is 78.5 Å². The van der Waals surface area contributed by atoms with Crippen molar-refractivity contribution in [1.82, 2.24) is 15.2 Å². The highest BCUT2D eigenvalue weighted by molar-refractivity contribution is 7.80. The Morgan fingerprint density at radius 1 is 0.969 bits per heavy atom. The van der Waals surface area contributed by atoms with Crippen LogP contribution >= 0.6 is 12.2 Å². The zero-order chi connectivity index (χ0) is 22.2. The van der Waals surface area contributed by atoms with E-state index in [0.29, 0.717) is 10.7 Å². The average Bonchev–Trinajstić information content (AvgIpc) is 3.06. The second kappa shape index (κ2) is 7.82. The molecule has 2 heterocycles. The number of fused-ring (bicyclic) bond motifs is 2. The third kappa shape index (κ3) is 3.46. The van der Waals surface area contributed by atoms with Crippen LogP contribution in [0.3, 0.4) is 0 Å². The fraction of sp³-hybridized carbons (Fsp3) is 0.0417. The standard InChI is InChI=1S/C24H16N4O3S/c29-24-26-22(23(32)27(24)14-15-9-11-16(12-10-15)28(30)31)13-19-17-5-1-3-7-20(17)25-21-8-4-2-6-18(19)21/h1-13H,14H2,(H,26,29)/b22-13+. The molecule has 0 unspecified atom stereocenters. The molecule has 4 aromatic rings. The molecule has 0 bridgehead atoms. The number of nitro groups is 1. The number of para-hydroxylation sites is 2. The largest absolute Gasteiger partial charge is 0.327 e. The lowest BCUT2D eigenvalue weighted by Crippen LogP contribution is -2.29. The Kier molecular flexibility index (Phi) is 4.84. The zero-order valence-corrected chi connectivity index (χ0v) is 17.5. The molecular weight excluding hydrogens is 424 g/mol. The van der Waals surface area contributed by atoms with Crippen LogP contribution in [0.5, 0.6) is 0 Å². The van der Waals surface area contributed by atoms with Crippen LogP contribution in [0.1, 0.15) is 11.1 Å². The van der Waals surface area contributed by atoms with Crippen molar-refractivity contribution in [3.05, 3.63) is 99.7 Å². The van der Waals surface area contributed by atoms with Crippen LogP contribution in [-0.4, -0.2) is 25.8 Å². The van der Waals surface area contributed by atoms with Crippen LogP contribution in [-0.2, 0) is 6.54 Å². The topological polar surface area (TPSA) is 88.4 Å². The summed E-state index contributed by atoms with van der Waals surface area (Å²) in [7, 11) is 0. The van der Waals surface area contributed by atoms with Gasteiger partial charge in [-0.25, -0.2) is 9.78 Å². The summed E-state index contributed by atoms with van der Waals surface area (Å²) in [6, 6.07) is 21.4. The first-order chi connectivity index (χ1) is 15.5. The van der Waals surface area contributed by atoms with Crippen molar-refractivity contribution in [2.45, 2.75) is 6.54 Å². The number of aromatic nitrogens is 1. The summed E-state index contributed by atoms with van der Waals surface area (Å²) in [5, 5.41) is 15.6. The molecule has 3 aromatic carbocycles. The number of urea groups is 1. The number of nitro benzene ring substituents is 1. The van der Waals surface area contributed by atoms with Crippen molar-refractivity contribution in [3.63, 3.8) is 0 Å². The van der Waals surface area contributed by atoms with Crippen LogP contribution in [0, 0.1) is 10.1 Å². The molecule has 32 heavy (non-hydrogen) atoms. The summed E-state index contributed by atoms with van der Waals surface area (Å²) >= 11 is 5.60. The maximum atomic E-state index is 12.7.